The quantitative estimate of drug-likeness (QED) is 0.808. The van der Waals surface area contributed by atoms with Crippen LogP contribution in [0.25, 0.3) is 0 Å². The molecule has 12 heavy (non-hydrogen) atoms. The van der Waals surface area contributed by atoms with Gasteiger partial charge in [-0.2, -0.15) is 5.90 Å². The molecule has 0 saturated carbocycles. The van der Waals surface area contributed by atoms with E-state index in [2.05, 4.69) is 36.7 Å². The van der Waals surface area contributed by atoms with Crippen molar-refractivity contribution in [3.8, 4) is 0 Å². The van der Waals surface area contributed by atoms with Gasteiger partial charge in [0.05, 0.1) is 5.56 Å². The van der Waals surface area contributed by atoms with Gasteiger partial charge in [-0.3, -0.25) is 0 Å². The minimum atomic E-state index is -0.567. The molecular formula is C7H5Br2NO2. The summed E-state index contributed by atoms with van der Waals surface area (Å²) < 4.78 is 1.45. The minimum absolute atomic E-state index is 0.395. The maximum atomic E-state index is 11.0. The molecule has 0 aromatic heterocycles. The monoisotopic (exact) mass is 293 g/mol. The predicted octanol–water partition coefficient (Wildman–Crippen LogP) is 2.24. The van der Waals surface area contributed by atoms with Crippen LogP contribution in [0.1, 0.15) is 10.4 Å². The molecule has 0 spiro atoms. The molecule has 0 amide bonds. The van der Waals surface area contributed by atoms with Crippen molar-refractivity contribution in [3.05, 3.63) is 32.7 Å². The van der Waals surface area contributed by atoms with Crippen molar-refractivity contribution in [2.45, 2.75) is 0 Å². The van der Waals surface area contributed by atoms with Crippen LogP contribution in [0.4, 0.5) is 0 Å². The van der Waals surface area contributed by atoms with E-state index in [1.807, 2.05) is 0 Å². The summed E-state index contributed by atoms with van der Waals surface area (Å²) in [6.07, 6.45) is 0. The zero-order valence-corrected chi connectivity index (χ0v) is 9.05. The average Bonchev–Trinajstić information content (AvgIpc) is 2.08. The summed E-state index contributed by atoms with van der Waals surface area (Å²) in [5.74, 6) is 4.17. The lowest BCUT2D eigenvalue weighted by Gasteiger charge is -2.01. The number of hydrogen-bond donors (Lipinski definition) is 1. The lowest BCUT2D eigenvalue weighted by Crippen LogP contribution is -2.10. The van der Waals surface area contributed by atoms with Gasteiger partial charge in [0.2, 0.25) is 0 Å². The molecule has 3 nitrogen and oxygen atoms in total. The largest absolute Gasteiger partial charge is 0.370 e. The highest BCUT2D eigenvalue weighted by molar-refractivity contribution is 9.11. The fraction of sp³-hybridized carbons (Fsp3) is 0. The highest BCUT2D eigenvalue weighted by Gasteiger charge is 2.10. The fourth-order valence-electron chi connectivity index (χ4n) is 0.717. The molecule has 2 N–H and O–H groups in total. The summed E-state index contributed by atoms with van der Waals surface area (Å²) in [7, 11) is 0. The maximum absolute atomic E-state index is 11.0. The van der Waals surface area contributed by atoms with Crippen LogP contribution in [0.15, 0.2) is 27.1 Å². The van der Waals surface area contributed by atoms with Gasteiger partial charge in [-0.05, 0) is 34.1 Å². The second-order valence-corrected chi connectivity index (χ2v) is 3.80. The van der Waals surface area contributed by atoms with Crippen molar-refractivity contribution in [3.63, 3.8) is 0 Å². The number of halogens is 2. The number of rotatable bonds is 1. The first kappa shape index (κ1) is 9.70. The first-order valence-electron chi connectivity index (χ1n) is 3.01. The Kier molecular flexibility index (Phi) is 3.25. The third-order valence-electron chi connectivity index (χ3n) is 1.26. The third kappa shape index (κ3) is 2.06. The number of carbonyl (C=O) groups is 1. The molecule has 0 aliphatic carbocycles. The molecular weight excluding hydrogens is 290 g/mol. The van der Waals surface area contributed by atoms with Crippen molar-refractivity contribution in [2.24, 2.45) is 5.90 Å². The SMILES string of the molecule is NOC(=O)c1cc(Br)ccc1Br. The van der Waals surface area contributed by atoms with Crippen LogP contribution in [0, 0.1) is 0 Å². The van der Waals surface area contributed by atoms with E-state index in [0.29, 0.717) is 10.0 Å². The third-order valence-corrected chi connectivity index (χ3v) is 2.44. The van der Waals surface area contributed by atoms with E-state index >= 15 is 0 Å². The van der Waals surface area contributed by atoms with Gasteiger partial charge in [-0.25, -0.2) is 4.79 Å². The molecule has 0 heterocycles. The summed E-state index contributed by atoms with van der Waals surface area (Å²) in [6.45, 7) is 0. The van der Waals surface area contributed by atoms with Crippen molar-refractivity contribution in [1.29, 1.82) is 0 Å². The van der Waals surface area contributed by atoms with E-state index in [0.717, 1.165) is 4.47 Å². The zero-order chi connectivity index (χ0) is 9.14. The first-order valence-corrected chi connectivity index (χ1v) is 4.60. The van der Waals surface area contributed by atoms with Gasteiger partial charge in [-0.15, -0.1) is 0 Å². The van der Waals surface area contributed by atoms with Gasteiger partial charge in [-0.1, -0.05) is 15.9 Å². The van der Waals surface area contributed by atoms with Gasteiger partial charge in [0, 0.05) is 8.95 Å². The van der Waals surface area contributed by atoms with E-state index in [-0.39, 0.29) is 0 Å². The summed E-state index contributed by atoms with van der Waals surface area (Å²) in [5, 5.41) is 0. The Labute approximate surface area is 86.1 Å². The smallest absolute Gasteiger partial charge is 0.357 e. The number of nitrogens with two attached hydrogens (primary N) is 1. The highest BCUT2D eigenvalue weighted by atomic mass is 79.9. The minimum Gasteiger partial charge on any atom is -0.370 e. The van der Waals surface area contributed by atoms with Gasteiger partial charge in [0.1, 0.15) is 0 Å². The number of hydrogen-bond acceptors (Lipinski definition) is 3. The molecule has 0 atom stereocenters. The number of benzene rings is 1. The van der Waals surface area contributed by atoms with Gasteiger partial charge in [0.25, 0.3) is 0 Å². The number of carbonyl (C=O) groups excluding carboxylic acids is 1. The molecule has 0 bridgehead atoms. The molecule has 0 unspecified atom stereocenters. The van der Waals surface area contributed by atoms with Crippen molar-refractivity contribution >= 4 is 37.8 Å². The standard InChI is InChI=1S/C7H5Br2NO2/c8-4-1-2-6(9)5(3-4)7(11)12-10/h1-3H,10H2. The van der Waals surface area contributed by atoms with Crippen molar-refractivity contribution in [1.82, 2.24) is 0 Å². The molecule has 0 aliphatic rings. The van der Waals surface area contributed by atoms with Crippen LogP contribution >= 0.6 is 31.9 Å². The molecule has 1 aromatic rings. The van der Waals surface area contributed by atoms with Crippen molar-refractivity contribution in [2.75, 3.05) is 0 Å². The molecule has 0 radical (unpaired) electrons. The Bertz CT molecular complexity index is 314. The Morgan fingerprint density at radius 1 is 1.42 bits per heavy atom. The van der Waals surface area contributed by atoms with Crippen LogP contribution in [-0.2, 0) is 4.84 Å². The lowest BCUT2D eigenvalue weighted by atomic mass is 10.2. The Morgan fingerprint density at radius 2 is 2.08 bits per heavy atom. The van der Waals surface area contributed by atoms with Gasteiger partial charge in [0.15, 0.2) is 0 Å². The second kappa shape index (κ2) is 4.02. The Hall–Kier alpha value is -0.390. The van der Waals surface area contributed by atoms with Crippen LogP contribution in [-0.4, -0.2) is 5.97 Å². The lowest BCUT2D eigenvalue weighted by molar-refractivity contribution is 0.0502. The van der Waals surface area contributed by atoms with E-state index in [1.165, 1.54) is 0 Å². The van der Waals surface area contributed by atoms with Crippen LogP contribution in [0.2, 0.25) is 0 Å². The topological polar surface area (TPSA) is 52.3 Å². The summed E-state index contributed by atoms with van der Waals surface area (Å²) in [6, 6.07) is 5.16. The molecule has 5 heteroatoms. The summed E-state index contributed by atoms with van der Waals surface area (Å²) in [4.78, 5) is 15.1. The normalized spacial score (nSPS) is 9.58. The van der Waals surface area contributed by atoms with Gasteiger partial charge < -0.3 is 4.84 Å². The van der Waals surface area contributed by atoms with Crippen LogP contribution < -0.4 is 5.90 Å². The molecule has 0 fully saturated rings. The summed E-state index contributed by atoms with van der Waals surface area (Å²) >= 11 is 6.42. The van der Waals surface area contributed by atoms with Crippen LogP contribution in [0.3, 0.4) is 0 Å². The second-order valence-electron chi connectivity index (χ2n) is 2.03. The summed E-state index contributed by atoms with van der Waals surface area (Å²) in [5.41, 5.74) is 0.395. The van der Waals surface area contributed by atoms with E-state index < -0.39 is 5.97 Å². The van der Waals surface area contributed by atoms with E-state index in [1.54, 1.807) is 18.2 Å². The van der Waals surface area contributed by atoms with Crippen molar-refractivity contribution < 1.29 is 9.63 Å². The Balaban J connectivity index is 3.13. The zero-order valence-electron chi connectivity index (χ0n) is 5.88. The molecule has 1 aromatic carbocycles. The van der Waals surface area contributed by atoms with E-state index in [4.69, 9.17) is 5.90 Å². The molecule has 0 saturated heterocycles. The first-order chi connectivity index (χ1) is 5.65. The molecule has 0 aliphatic heterocycles. The molecule has 64 valence electrons. The van der Waals surface area contributed by atoms with Crippen LogP contribution in [0.5, 0.6) is 0 Å². The Morgan fingerprint density at radius 3 is 2.67 bits per heavy atom. The average molecular weight is 295 g/mol. The maximum Gasteiger partial charge on any atom is 0.357 e. The highest BCUT2D eigenvalue weighted by Crippen LogP contribution is 2.21. The van der Waals surface area contributed by atoms with Gasteiger partial charge >= 0.3 is 5.97 Å². The van der Waals surface area contributed by atoms with E-state index in [9.17, 15) is 4.79 Å². The predicted molar refractivity (Wildman–Crippen MR) is 51.4 cm³/mol. The fourth-order valence-corrected chi connectivity index (χ4v) is 1.49. The molecule has 1 rings (SSSR count).